The summed E-state index contributed by atoms with van der Waals surface area (Å²) >= 11 is 0. The van der Waals surface area contributed by atoms with Crippen molar-refractivity contribution in [3.63, 3.8) is 0 Å². The molecule has 0 aromatic carbocycles. The van der Waals surface area contributed by atoms with E-state index in [1.807, 2.05) is 0 Å². The Morgan fingerprint density at radius 3 is 2.21 bits per heavy atom. The number of carbonyl (C=O) groups excluding carboxylic acids is 1. The van der Waals surface area contributed by atoms with Crippen LogP contribution in [0.1, 0.15) is 45.4 Å². The van der Waals surface area contributed by atoms with Crippen molar-refractivity contribution in [2.45, 2.75) is 51.0 Å². The van der Waals surface area contributed by atoms with Gasteiger partial charge in [-0.1, -0.05) is 25.7 Å². The molecule has 1 unspecified atom stereocenters. The fraction of sp³-hybridized carbons (Fsp3) is 0.909. The van der Waals surface area contributed by atoms with Gasteiger partial charge in [0.15, 0.2) is 6.29 Å². The van der Waals surface area contributed by atoms with Crippen LogP contribution in [-0.4, -0.2) is 23.5 Å². The molecule has 1 aliphatic rings. The van der Waals surface area contributed by atoms with E-state index in [1.54, 1.807) is 6.92 Å². The molecule has 0 spiro atoms. The first-order valence-corrected chi connectivity index (χ1v) is 5.47. The second-order valence-corrected chi connectivity index (χ2v) is 4.66. The van der Waals surface area contributed by atoms with Crippen molar-refractivity contribution in [2.75, 3.05) is 6.54 Å². The third kappa shape index (κ3) is 1.98. The summed E-state index contributed by atoms with van der Waals surface area (Å²) in [6, 6.07) is 0. The van der Waals surface area contributed by atoms with Gasteiger partial charge in [0.25, 0.3) is 0 Å². The van der Waals surface area contributed by atoms with Crippen molar-refractivity contribution < 1.29 is 9.90 Å². The Balaban J connectivity index is 2.87. The molecule has 3 heteroatoms. The highest BCUT2D eigenvalue weighted by Crippen LogP contribution is 2.42. The zero-order valence-electron chi connectivity index (χ0n) is 8.96. The highest BCUT2D eigenvalue weighted by atomic mass is 16.3. The van der Waals surface area contributed by atoms with Gasteiger partial charge in [0.05, 0.1) is 0 Å². The van der Waals surface area contributed by atoms with E-state index in [-0.39, 0.29) is 5.41 Å². The van der Waals surface area contributed by atoms with E-state index in [0.717, 1.165) is 25.7 Å². The minimum atomic E-state index is -1.26. The van der Waals surface area contributed by atoms with Crippen LogP contribution in [0.4, 0.5) is 0 Å². The Kier molecular flexibility index (Phi) is 3.67. The van der Waals surface area contributed by atoms with Crippen LogP contribution < -0.4 is 5.73 Å². The number of aliphatic hydroxyl groups is 1. The minimum absolute atomic E-state index is 0.384. The van der Waals surface area contributed by atoms with Gasteiger partial charge in [0.1, 0.15) is 5.60 Å². The van der Waals surface area contributed by atoms with E-state index >= 15 is 0 Å². The number of nitrogens with two attached hydrogens (primary N) is 1. The monoisotopic (exact) mass is 199 g/mol. The van der Waals surface area contributed by atoms with Gasteiger partial charge in [-0.25, -0.2) is 0 Å². The lowest BCUT2D eigenvalue weighted by Crippen LogP contribution is -2.51. The second-order valence-electron chi connectivity index (χ2n) is 4.66. The summed E-state index contributed by atoms with van der Waals surface area (Å²) in [5, 5.41) is 10.1. The molecule has 0 radical (unpaired) electrons. The quantitative estimate of drug-likeness (QED) is 0.531. The van der Waals surface area contributed by atoms with Crippen molar-refractivity contribution in [1.29, 1.82) is 0 Å². The zero-order valence-corrected chi connectivity index (χ0v) is 8.96. The molecule has 82 valence electrons. The largest absolute Gasteiger partial charge is 0.382 e. The van der Waals surface area contributed by atoms with Crippen LogP contribution in [0.25, 0.3) is 0 Å². The van der Waals surface area contributed by atoms with Gasteiger partial charge < -0.3 is 15.6 Å². The maximum atomic E-state index is 10.9. The molecule has 0 aromatic heterocycles. The van der Waals surface area contributed by atoms with Crippen LogP contribution in [0.15, 0.2) is 0 Å². The molecule has 1 rings (SSSR count). The van der Waals surface area contributed by atoms with Crippen LogP contribution in [0.3, 0.4) is 0 Å². The van der Waals surface area contributed by atoms with Crippen LogP contribution in [0.2, 0.25) is 0 Å². The summed E-state index contributed by atoms with van der Waals surface area (Å²) in [5.41, 5.74) is 4.11. The lowest BCUT2D eigenvalue weighted by Gasteiger charge is -2.41. The Bertz CT molecular complexity index is 193. The van der Waals surface area contributed by atoms with Gasteiger partial charge in [-0.05, 0) is 19.8 Å². The molecule has 0 heterocycles. The number of rotatable bonds is 3. The summed E-state index contributed by atoms with van der Waals surface area (Å²) < 4.78 is 0. The number of aldehydes is 1. The molecule has 3 N–H and O–H groups in total. The summed E-state index contributed by atoms with van der Waals surface area (Å²) in [4.78, 5) is 10.9. The predicted octanol–water partition coefficient (Wildman–Crippen LogP) is 1.24. The Morgan fingerprint density at radius 2 is 1.86 bits per heavy atom. The van der Waals surface area contributed by atoms with Gasteiger partial charge in [-0.3, -0.25) is 0 Å². The molecule has 0 amide bonds. The molecular formula is C11H21NO2. The maximum Gasteiger partial charge on any atom is 0.151 e. The van der Waals surface area contributed by atoms with Crippen LogP contribution in [0, 0.1) is 5.41 Å². The third-order valence-electron chi connectivity index (χ3n) is 3.75. The van der Waals surface area contributed by atoms with Crippen molar-refractivity contribution in [1.82, 2.24) is 0 Å². The van der Waals surface area contributed by atoms with Gasteiger partial charge in [0.2, 0.25) is 0 Å². The first kappa shape index (κ1) is 11.7. The summed E-state index contributed by atoms with van der Waals surface area (Å²) in [5.74, 6) is 0. The minimum Gasteiger partial charge on any atom is -0.382 e. The van der Waals surface area contributed by atoms with Gasteiger partial charge in [-0.2, -0.15) is 0 Å². The smallest absolute Gasteiger partial charge is 0.151 e. The van der Waals surface area contributed by atoms with E-state index in [2.05, 4.69) is 0 Å². The molecular weight excluding hydrogens is 178 g/mol. The summed E-state index contributed by atoms with van der Waals surface area (Å²) in [6.07, 6.45) is 6.92. The number of hydrogen-bond acceptors (Lipinski definition) is 3. The Labute approximate surface area is 85.7 Å². The molecule has 0 bridgehead atoms. The molecule has 14 heavy (non-hydrogen) atoms. The molecule has 0 saturated heterocycles. The van der Waals surface area contributed by atoms with E-state index in [4.69, 9.17) is 5.73 Å². The molecule has 1 atom stereocenters. The van der Waals surface area contributed by atoms with Crippen molar-refractivity contribution >= 4 is 6.29 Å². The topological polar surface area (TPSA) is 63.3 Å². The average Bonchev–Trinajstić information content (AvgIpc) is 2.43. The molecule has 0 aliphatic heterocycles. The van der Waals surface area contributed by atoms with Crippen LogP contribution >= 0.6 is 0 Å². The average molecular weight is 199 g/mol. The normalized spacial score (nSPS) is 26.2. The van der Waals surface area contributed by atoms with Crippen molar-refractivity contribution in [2.24, 2.45) is 11.1 Å². The predicted molar refractivity (Wildman–Crippen MR) is 55.9 cm³/mol. The van der Waals surface area contributed by atoms with E-state index in [9.17, 15) is 9.90 Å². The van der Waals surface area contributed by atoms with E-state index < -0.39 is 5.60 Å². The maximum absolute atomic E-state index is 10.9. The molecule has 1 saturated carbocycles. The third-order valence-corrected chi connectivity index (χ3v) is 3.75. The Hall–Kier alpha value is -0.410. The van der Waals surface area contributed by atoms with Gasteiger partial charge in [0, 0.05) is 12.0 Å². The molecule has 1 fully saturated rings. The highest BCUT2D eigenvalue weighted by Gasteiger charge is 2.45. The second kappa shape index (κ2) is 4.41. The number of hydrogen-bond donors (Lipinski definition) is 2. The highest BCUT2D eigenvalue weighted by molar-refractivity contribution is 5.63. The zero-order chi connectivity index (χ0) is 10.7. The van der Waals surface area contributed by atoms with Crippen LogP contribution in [0.5, 0.6) is 0 Å². The van der Waals surface area contributed by atoms with Crippen molar-refractivity contribution in [3.05, 3.63) is 0 Å². The standard InChI is InChI=1S/C11H21NO2/c1-10(14,9-13)11(8-12)6-4-2-3-5-7-11/h9,14H,2-8,12H2,1H3. The molecule has 0 aromatic rings. The van der Waals surface area contributed by atoms with E-state index in [1.165, 1.54) is 12.8 Å². The fourth-order valence-corrected chi connectivity index (χ4v) is 2.45. The lowest BCUT2D eigenvalue weighted by molar-refractivity contribution is -0.138. The lowest BCUT2D eigenvalue weighted by atomic mass is 9.68. The SMILES string of the molecule is CC(O)(C=O)C1(CN)CCCCCC1. The first-order chi connectivity index (χ1) is 6.58. The number of carbonyl (C=O) groups is 1. The summed E-state index contributed by atoms with van der Waals surface area (Å²) in [7, 11) is 0. The van der Waals surface area contributed by atoms with Crippen molar-refractivity contribution in [3.8, 4) is 0 Å². The summed E-state index contributed by atoms with van der Waals surface area (Å²) in [6.45, 7) is 2.00. The van der Waals surface area contributed by atoms with E-state index in [0.29, 0.717) is 12.8 Å². The Morgan fingerprint density at radius 1 is 1.36 bits per heavy atom. The molecule has 1 aliphatic carbocycles. The van der Waals surface area contributed by atoms with Gasteiger partial charge >= 0.3 is 0 Å². The fourth-order valence-electron chi connectivity index (χ4n) is 2.45. The molecule has 3 nitrogen and oxygen atoms in total. The van der Waals surface area contributed by atoms with Gasteiger partial charge in [-0.15, -0.1) is 0 Å². The first-order valence-electron chi connectivity index (χ1n) is 5.47. The van der Waals surface area contributed by atoms with Crippen LogP contribution in [-0.2, 0) is 4.79 Å².